The molecule has 2 nitrogen and oxygen atoms in total. The van der Waals surface area contributed by atoms with Crippen molar-refractivity contribution in [3.63, 3.8) is 0 Å². The van der Waals surface area contributed by atoms with E-state index in [1.165, 1.54) is 24.8 Å². The molecule has 3 aliphatic carbocycles. The summed E-state index contributed by atoms with van der Waals surface area (Å²) >= 11 is 0. The van der Waals surface area contributed by atoms with Gasteiger partial charge in [-0.05, 0) is 31.1 Å². The maximum Gasteiger partial charge on any atom is 4.00 e. The van der Waals surface area contributed by atoms with Crippen LogP contribution in [0.15, 0.2) is 17.7 Å². The normalized spacial score (nSPS) is 28.6. The van der Waals surface area contributed by atoms with Gasteiger partial charge in [0.2, 0.25) is 0 Å². The number of carbonyl (C=O) groups is 1. The monoisotopic (exact) mass is 408 g/mol. The molecule has 0 spiro atoms. The maximum atomic E-state index is 10.7. The third kappa shape index (κ3) is 10.1. The predicted octanol–water partition coefficient (Wildman–Crippen LogP) is -1.53. The Hall–Kier alpha value is 0.461. The molecule has 6 heteroatoms. The fourth-order valence-electron chi connectivity index (χ4n) is 3.31. The van der Waals surface area contributed by atoms with Crippen LogP contribution in [-0.2, 0) is 26.5 Å². The number of fused-ring (bicyclic) bond motifs is 2. The van der Waals surface area contributed by atoms with E-state index in [-0.39, 0.29) is 58.4 Å². The number of nitrogens with one attached hydrogen (secondary N) is 1. The number of allylic oxidation sites excluding steroid dienone is 4. The average molecular weight is 409 g/mol. The molecular formula is C17H28Cl2NOSiTi. The van der Waals surface area contributed by atoms with E-state index in [0.29, 0.717) is 11.8 Å². The molecule has 23 heavy (non-hydrogen) atoms. The molecule has 4 atom stereocenters. The first kappa shape index (κ1) is 28.3. The van der Waals surface area contributed by atoms with E-state index in [1.807, 2.05) is 0 Å². The van der Waals surface area contributed by atoms with Crippen molar-refractivity contribution in [2.75, 3.05) is 0 Å². The predicted molar refractivity (Wildman–Crippen MR) is 87.9 cm³/mol. The molecule has 2 bridgehead atoms. The average Bonchev–Trinajstić information content (AvgIpc) is 3.07. The second-order valence-electron chi connectivity index (χ2n) is 6.20. The van der Waals surface area contributed by atoms with E-state index in [0.717, 1.165) is 21.9 Å². The second-order valence-corrected chi connectivity index (χ2v) is 7.35. The van der Waals surface area contributed by atoms with Gasteiger partial charge in [-0.1, -0.05) is 39.3 Å². The molecule has 1 N–H and O–H groups in total. The summed E-state index contributed by atoms with van der Waals surface area (Å²) in [5.41, 5.74) is 8.26. The Bertz CT molecular complexity index is 391. The van der Waals surface area contributed by atoms with Crippen LogP contribution >= 0.6 is 0 Å². The van der Waals surface area contributed by atoms with Gasteiger partial charge in [0.1, 0.15) is 0 Å². The van der Waals surface area contributed by atoms with Gasteiger partial charge < -0.3 is 35.3 Å². The summed E-state index contributed by atoms with van der Waals surface area (Å²) in [5.74, 6) is 1.75. The van der Waals surface area contributed by atoms with Crippen molar-refractivity contribution in [2.45, 2.75) is 52.6 Å². The molecule has 2 saturated carbocycles. The van der Waals surface area contributed by atoms with Gasteiger partial charge in [-0.15, -0.1) is 0 Å². The van der Waals surface area contributed by atoms with Gasteiger partial charge in [-0.3, -0.25) is 6.08 Å². The molecule has 0 aromatic carbocycles. The van der Waals surface area contributed by atoms with E-state index in [4.69, 9.17) is 5.73 Å². The Kier molecular flexibility index (Phi) is 18.2. The smallest absolute Gasteiger partial charge is 1.00 e. The van der Waals surface area contributed by atoms with Crippen LogP contribution in [0.4, 0.5) is 0 Å². The summed E-state index contributed by atoms with van der Waals surface area (Å²) in [6, 6.07) is 0. The number of carbonyl (C=O) groups excluding carboxylic acids is 1. The Morgan fingerprint density at radius 1 is 1.26 bits per heavy atom. The SMILES string of the molecule is CC1=[C-]C(C)C=C1.C[SiH]C.[Cl-].[Cl-].[NH-]C(=O)C1CC2CCC1C2.[Ti+4]. The van der Waals surface area contributed by atoms with E-state index in [9.17, 15) is 4.79 Å². The fraction of sp³-hybridized carbons (Fsp3) is 0.706. The van der Waals surface area contributed by atoms with E-state index < -0.39 is 0 Å². The fourth-order valence-corrected chi connectivity index (χ4v) is 3.31. The molecule has 0 saturated heterocycles. The number of rotatable bonds is 1. The van der Waals surface area contributed by atoms with Crippen molar-refractivity contribution < 1.29 is 51.3 Å². The maximum absolute atomic E-state index is 10.7. The molecule has 1 radical (unpaired) electrons. The first-order valence-electron chi connectivity index (χ1n) is 7.75. The Morgan fingerprint density at radius 3 is 2.00 bits per heavy atom. The number of hydrogen-bond acceptors (Lipinski definition) is 1. The molecule has 0 aromatic heterocycles. The van der Waals surface area contributed by atoms with Crippen LogP contribution in [0.5, 0.6) is 0 Å². The number of amides is 1. The van der Waals surface area contributed by atoms with Gasteiger partial charge >= 0.3 is 21.7 Å². The van der Waals surface area contributed by atoms with Gasteiger partial charge in [0.25, 0.3) is 0 Å². The van der Waals surface area contributed by atoms with Crippen molar-refractivity contribution in [3.05, 3.63) is 29.5 Å². The van der Waals surface area contributed by atoms with Crippen LogP contribution in [0.3, 0.4) is 0 Å². The standard InChI is InChI=1S/C8H13NO.C7H9.C2H7Si.2ClH.Ti/c9-8(10)7-4-5-1-2-6(7)3-5;1-6-3-4-7(2)5-6;1-3-2;;;/h5-7H,1-4H2,(H2,9,10);3-4,6H,1-2H3;3H,1-2H3;2*1H;/q;-1;;;;+4/p-3. The zero-order chi connectivity index (χ0) is 15.1. The molecule has 1 amide bonds. The summed E-state index contributed by atoms with van der Waals surface area (Å²) in [5, 5.41) is 0. The molecular weight excluding hydrogens is 381 g/mol. The van der Waals surface area contributed by atoms with E-state index >= 15 is 0 Å². The first-order valence-corrected chi connectivity index (χ1v) is 10.1. The zero-order valence-corrected chi connectivity index (χ0v) is 18.8. The Morgan fingerprint density at radius 2 is 1.83 bits per heavy atom. The molecule has 3 aliphatic rings. The van der Waals surface area contributed by atoms with E-state index in [1.54, 1.807) is 0 Å². The topological polar surface area (TPSA) is 40.9 Å². The molecule has 0 heterocycles. The van der Waals surface area contributed by atoms with Crippen LogP contribution in [-0.4, -0.2) is 15.4 Å². The van der Waals surface area contributed by atoms with Gasteiger partial charge in [0.05, 0.1) is 5.91 Å². The van der Waals surface area contributed by atoms with Crippen molar-refractivity contribution in [2.24, 2.45) is 23.7 Å². The summed E-state index contributed by atoms with van der Waals surface area (Å²) in [6.45, 7) is 8.62. The van der Waals surface area contributed by atoms with E-state index in [2.05, 4.69) is 45.2 Å². The minimum atomic E-state index is -0.313. The number of hydrogen-bond donors (Lipinski definition) is 0. The van der Waals surface area contributed by atoms with Crippen LogP contribution in [0, 0.1) is 29.7 Å². The molecule has 0 aliphatic heterocycles. The molecule has 4 unspecified atom stereocenters. The van der Waals surface area contributed by atoms with Crippen molar-refractivity contribution in [3.8, 4) is 0 Å². The van der Waals surface area contributed by atoms with Crippen LogP contribution in [0.1, 0.15) is 39.5 Å². The van der Waals surface area contributed by atoms with Crippen LogP contribution in [0.2, 0.25) is 13.1 Å². The summed E-state index contributed by atoms with van der Waals surface area (Å²) in [4.78, 5) is 10.7. The van der Waals surface area contributed by atoms with Crippen molar-refractivity contribution in [1.29, 1.82) is 0 Å². The molecule has 3 rings (SSSR count). The first-order chi connectivity index (χ1) is 9.47. The van der Waals surface area contributed by atoms with Crippen molar-refractivity contribution in [1.82, 2.24) is 0 Å². The summed E-state index contributed by atoms with van der Waals surface area (Å²) in [7, 11) is 0.750. The molecule has 0 aromatic rings. The zero-order valence-electron chi connectivity index (χ0n) is 14.5. The minimum absolute atomic E-state index is 0. The van der Waals surface area contributed by atoms with Crippen molar-refractivity contribution >= 4 is 15.4 Å². The van der Waals surface area contributed by atoms with Crippen LogP contribution < -0.4 is 24.8 Å². The van der Waals surface area contributed by atoms with Gasteiger partial charge in [-0.25, -0.2) is 11.6 Å². The Labute approximate surface area is 172 Å². The second kappa shape index (κ2) is 14.8. The van der Waals surface area contributed by atoms with Gasteiger partial charge in [0, 0.05) is 15.4 Å². The Balaban J connectivity index is -0.000000277. The van der Waals surface area contributed by atoms with Gasteiger partial charge in [-0.2, -0.15) is 6.08 Å². The number of halogens is 2. The summed E-state index contributed by atoms with van der Waals surface area (Å²) in [6.07, 6.45) is 12.2. The largest absolute Gasteiger partial charge is 4.00 e. The van der Waals surface area contributed by atoms with Crippen LogP contribution in [0.25, 0.3) is 5.73 Å². The van der Waals surface area contributed by atoms with Gasteiger partial charge in [0.15, 0.2) is 0 Å². The molecule has 129 valence electrons. The third-order valence-corrected chi connectivity index (χ3v) is 4.17. The quantitative estimate of drug-likeness (QED) is 0.383. The third-order valence-electron chi connectivity index (χ3n) is 4.17. The summed E-state index contributed by atoms with van der Waals surface area (Å²) < 4.78 is 0. The molecule has 2 fully saturated rings. The minimum Gasteiger partial charge on any atom is -1.00 e.